The molecular formula is C21H24FN3O. The SMILES string of the molecule is COc1nccnc1C(C)C1=C(CCN2CCC2)Cc2cc(F)ccc21. The van der Waals surface area contributed by atoms with Gasteiger partial charge in [-0.15, -0.1) is 0 Å². The van der Waals surface area contributed by atoms with Crippen LogP contribution in [0.15, 0.2) is 36.2 Å². The predicted molar refractivity (Wildman–Crippen MR) is 99.7 cm³/mol. The Hall–Kier alpha value is -2.27. The zero-order valence-electron chi connectivity index (χ0n) is 15.3. The van der Waals surface area contributed by atoms with E-state index in [-0.39, 0.29) is 11.7 Å². The molecule has 1 aromatic heterocycles. The molecule has 0 bridgehead atoms. The van der Waals surface area contributed by atoms with Gasteiger partial charge < -0.3 is 9.64 Å². The minimum absolute atomic E-state index is 0.0525. The molecule has 0 radical (unpaired) electrons. The Balaban J connectivity index is 1.71. The molecule has 4 nitrogen and oxygen atoms in total. The summed E-state index contributed by atoms with van der Waals surface area (Å²) in [5, 5.41) is 0. The van der Waals surface area contributed by atoms with E-state index in [2.05, 4.69) is 21.8 Å². The van der Waals surface area contributed by atoms with Crippen molar-refractivity contribution in [1.29, 1.82) is 0 Å². The Morgan fingerprint density at radius 1 is 1.23 bits per heavy atom. The van der Waals surface area contributed by atoms with Crippen molar-refractivity contribution in [1.82, 2.24) is 14.9 Å². The van der Waals surface area contributed by atoms with Crippen LogP contribution >= 0.6 is 0 Å². The summed E-state index contributed by atoms with van der Waals surface area (Å²) in [6.07, 6.45) is 6.48. The van der Waals surface area contributed by atoms with Crippen LogP contribution in [0.3, 0.4) is 0 Å². The van der Waals surface area contributed by atoms with E-state index < -0.39 is 0 Å². The standard InChI is InChI=1S/C21H24FN3O/c1-14(20-21(26-2)24-8-7-23-20)19-15(6-11-25-9-3-10-25)12-16-13-17(22)4-5-18(16)19/h4-5,7-8,13-14H,3,6,9-12H2,1-2H3. The van der Waals surface area contributed by atoms with Crippen LogP contribution < -0.4 is 4.74 Å². The average Bonchev–Trinajstić information content (AvgIpc) is 2.97. The first-order chi connectivity index (χ1) is 12.7. The Morgan fingerprint density at radius 2 is 2.04 bits per heavy atom. The van der Waals surface area contributed by atoms with Gasteiger partial charge in [0.05, 0.1) is 7.11 Å². The lowest BCUT2D eigenvalue weighted by Crippen LogP contribution is -2.37. The van der Waals surface area contributed by atoms with Crippen LogP contribution in [0.2, 0.25) is 0 Å². The molecule has 5 heteroatoms. The first-order valence-electron chi connectivity index (χ1n) is 9.25. The van der Waals surface area contributed by atoms with Gasteiger partial charge in [0.15, 0.2) is 0 Å². The van der Waals surface area contributed by atoms with Crippen molar-refractivity contribution < 1.29 is 9.13 Å². The monoisotopic (exact) mass is 353 g/mol. The number of rotatable bonds is 6. The van der Waals surface area contributed by atoms with Gasteiger partial charge in [0, 0.05) is 24.9 Å². The zero-order valence-corrected chi connectivity index (χ0v) is 15.3. The number of fused-ring (bicyclic) bond motifs is 1. The molecule has 1 saturated heterocycles. The van der Waals surface area contributed by atoms with E-state index >= 15 is 0 Å². The number of hydrogen-bond donors (Lipinski definition) is 0. The molecule has 1 aromatic carbocycles. The van der Waals surface area contributed by atoms with Gasteiger partial charge in [0.1, 0.15) is 11.5 Å². The average molecular weight is 353 g/mol. The molecule has 1 aliphatic heterocycles. The van der Waals surface area contributed by atoms with Crippen LogP contribution in [-0.4, -0.2) is 41.6 Å². The first kappa shape index (κ1) is 17.2. The number of halogens is 1. The smallest absolute Gasteiger partial charge is 0.235 e. The summed E-state index contributed by atoms with van der Waals surface area (Å²) in [7, 11) is 1.62. The highest BCUT2D eigenvalue weighted by molar-refractivity contribution is 5.80. The molecule has 26 heavy (non-hydrogen) atoms. The molecule has 2 aliphatic rings. The highest BCUT2D eigenvalue weighted by atomic mass is 19.1. The number of benzene rings is 1. The van der Waals surface area contributed by atoms with Crippen molar-refractivity contribution >= 4 is 5.57 Å². The molecule has 0 amide bonds. The van der Waals surface area contributed by atoms with Crippen molar-refractivity contribution in [2.24, 2.45) is 0 Å². The van der Waals surface area contributed by atoms with Gasteiger partial charge in [-0.25, -0.2) is 9.37 Å². The summed E-state index contributed by atoms with van der Waals surface area (Å²) in [6.45, 7) is 5.60. The normalized spacial score (nSPS) is 17.8. The number of hydrogen-bond acceptors (Lipinski definition) is 4. The lowest BCUT2D eigenvalue weighted by molar-refractivity contribution is 0.184. The third kappa shape index (κ3) is 3.12. The first-order valence-corrected chi connectivity index (χ1v) is 9.25. The zero-order chi connectivity index (χ0) is 18.1. The quantitative estimate of drug-likeness (QED) is 0.791. The minimum atomic E-state index is -0.170. The second kappa shape index (κ2) is 7.16. The maximum absolute atomic E-state index is 13.8. The highest BCUT2D eigenvalue weighted by Crippen LogP contribution is 2.44. The molecule has 1 unspecified atom stereocenters. The van der Waals surface area contributed by atoms with Gasteiger partial charge in [-0.05, 0) is 61.2 Å². The second-order valence-corrected chi connectivity index (χ2v) is 7.11. The van der Waals surface area contributed by atoms with E-state index in [1.165, 1.54) is 30.7 Å². The summed E-state index contributed by atoms with van der Waals surface area (Å²) in [6, 6.07) is 5.14. The van der Waals surface area contributed by atoms with Gasteiger partial charge in [-0.3, -0.25) is 4.98 Å². The van der Waals surface area contributed by atoms with Crippen LogP contribution in [-0.2, 0) is 6.42 Å². The molecule has 1 atom stereocenters. The van der Waals surface area contributed by atoms with Crippen LogP contribution in [0.25, 0.3) is 5.57 Å². The van der Waals surface area contributed by atoms with Gasteiger partial charge in [-0.2, -0.15) is 0 Å². The van der Waals surface area contributed by atoms with Crippen molar-refractivity contribution in [3.05, 3.63) is 58.8 Å². The maximum Gasteiger partial charge on any atom is 0.235 e. The number of methoxy groups -OCH3 is 1. The summed E-state index contributed by atoms with van der Waals surface area (Å²) in [4.78, 5) is 11.3. The Morgan fingerprint density at radius 3 is 2.77 bits per heavy atom. The molecular weight excluding hydrogens is 329 g/mol. The van der Waals surface area contributed by atoms with Crippen LogP contribution in [0.1, 0.15) is 42.5 Å². The topological polar surface area (TPSA) is 38.3 Å². The molecule has 1 fully saturated rings. The number of nitrogens with zero attached hydrogens (tertiary/aromatic N) is 3. The number of likely N-dealkylation sites (tertiary alicyclic amines) is 1. The fourth-order valence-corrected chi connectivity index (χ4v) is 4.07. The van der Waals surface area contributed by atoms with Gasteiger partial charge in [0.25, 0.3) is 0 Å². The lowest BCUT2D eigenvalue weighted by atomic mass is 9.89. The van der Waals surface area contributed by atoms with Gasteiger partial charge in [-0.1, -0.05) is 18.6 Å². The van der Waals surface area contributed by atoms with Crippen molar-refractivity contribution in [2.75, 3.05) is 26.7 Å². The van der Waals surface area contributed by atoms with Gasteiger partial charge in [0.2, 0.25) is 5.88 Å². The third-order valence-corrected chi connectivity index (χ3v) is 5.55. The molecule has 0 saturated carbocycles. The van der Waals surface area contributed by atoms with Crippen molar-refractivity contribution in [3.8, 4) is 5.88 Å². The van der Waals surface area contributed by atoms with E-state index in [4.69, 9.17) is 4.74 Å². The summed E-state index contributed by atoms with van der Waals surface area (Å²) in [5.74, 6) is 0.443. The molecule has 4 rings (SSSR count). The molecule has 2 aromatic rings. The summed E-state index contributed by atoms with van der Waals surface area (Å²) >= 11 is 0. The lowest BCUT2D eigenvalue weighted by Gasteiger charge is -2.31. The largest absolute Gasteiger partial charge is 0.480 e. The minimum Gasteiger partial charge on any atom is -0.480 e. The third-order valence-electron chi connectivity index (χ3n) is 5.55. The molecule has 0 spiro atoms. The predicted octanol–water partition coefficient (Wildman–Crippen LogP) is 3.83. The van der Waals surface area contributed by atoms with E-state index in [0.717, 1.165) is 36.2 Å². The Kier molecular flexibility index (Phi) is 4.72. The summed E-state index contributed by atoms with van der Waals surface area (Å²) in [5.41, 5.74) is 5.71. The van der Waals surface area contributed by atoms with Crippen molar-refractivity contribution in [3.63, 3.8) is 0 Å². The second-order valence-electron chi connectivity index (χ2n) is 7.11. The molecule has 0 N–H and O–H groups in total. The van der Waals surface area contributed by atoms with E-state index in [1.807, 2.05) is 6.07 Å². The van der Waals surface area contributed by atoms with E-state index in [1.54, 1.807) is 31.6 Å². The van der Waals surface area contributed by atoms with Crippen LogP contribution in [0.4, 0.5) is 4.39 Å². The summed E-state index contributed by atoms with van der Waals surface area (Å²) < 4.78 is 19.2. The number of ether oxygens (including phenoxy) is 1. The molecule has 1 aliphatic carbocycles. The van der Waals surface area contributed by atoms with Crippen LogP contribution in [0, 0.1) is 5.82 Å². The molecule has 136 valence electrons. The fraction of sp³-hybridized carbons (Fsp3) is 0.429. The fourth-order valence-electron chi connectivity index (χ4n) is 4.07. The van der Waals surface area contributed by atoms with Crippen LogP contribution in [0.5, 0.6) is 5.88 Å². The van der Waals surface area contributed by atoms with E-state index in [9.17, 15) is 4.39 Å². The number of aromatic nitrogens is 2. The highest BCUT2D eigenvalue weighted by Gasteiger charge is 2.29. The van der Waals surface area contributed by atoms with Gasteiger partial charge >= 0.3 is 0 Å². The maximum atomic E-state index is 13.8. The van der Waals surface area contributed by atoms with Crippen molar-refractivity contribution in [2.45, 2.75) is 32.1 Å². The van der Waals surface area contributed by atoms with E-state index in [0.29, 0.717) is 5.88 Å². The Labute approximate surface area is 153 Å². The molecule has 2 heterocycles. The number of allylic oxidation sites excluding steroid dienone is 1. The Bertz CT molecular complexity index is 845.